The summed E-state index contributed by atoms with van der Waals surface area (Å²) in [4.78, 5) is 22.0. The highest BCUT2D eigenvalue weighted by atomic mass is 32.1. The number of aryl methyl sites for hydroxylation is 2. The molecule has 0 saturated carbocycles. The number of aromatic nitrogens is 2. The van der Waals surface area contributed by atoms with Crippen LogP contribution in [-0.2, 0) is 0 Å². The Bertz CT molecular complexity index is 760. The molecule has 0 spiro atoms. The number of thiazole rings is 1. The van der Waals surface area contributed by atoms with E-state index in [9.17, 15) is 4.79 Å². The normalized spacial score (nSPS) is 11.9. The van der Waals surface area contributed by atoms with Crippen LogP contribution in [0.3, 0.4) is 0 Å². The van der Waals surface area contributed by atoms with Crippen LogP contribution in [0.25, 0.3) is 0 Å². The van der Waals surface area contributed by atoms with Crippen LogP contribution in [0.4, 0.5) is 0 Å². The standard InChI is InChI=1S/C18H17N3OS/c1-12-16(20-13(2)23-12)18(22)21-17(14-6-4-3-5-7-14)15-8-10-19-11-9-15/h3-11,17H,1-2H3,(H,21,22)/t17-/m0/s1. The molecule has 0 fully saturated rings. The number of rotatable bonds is 4. The molecule has 1 atom stereocenters. The van der Waals surface area contributed by atoms with Gasteiger partial charge in [0.15, 0.2) is 0 Å². The molecule has 0 bridgehead atoms. The van der Waals surface area contributed by atoms with Gasteiger partial charge in [-0.05, 0) is 37.1 Å². The molecule has 0 radical (unpaired) electrons. The first-order valence-corrected chi connectivity index (χ1v) is 8.16. The summed E-state index contributed by atoms with van der Waals surface area (Å²) in [6.07, 6.45) is 3.46. The van der Waals surface area contributed by atoms with Crippen molar-refractivity contribution in [3.05, 3.63) is 81.6 Å². The molecule has 0 aliphatic rings. The van der Waals surface area contributed by atoms with Crippen molar-refractivity contribution in [3.63, 3.8) is 0 Å². The minimum Gasteiger partial charge on any atom is -0.340 e. The number of hydrogen-bond donors (Lipinski definition) is 1. The van der Waals surface area contributed by atoms with Gasteiger partial charge in [0.1, 0.15) is 5.69 Å². The molecular weight excluding hydrogens is 306 g/mol. The summed E-state index contributed by atoms with van der Waals surface area (Å²) in [5.74, 6) is -0.155. The van der Waals surface area contributed by atoms with Crippen molar-refractivity contribution in [1.29, 1.82) is 0 Å². The lowest BCUT2D eigenvalue weighted by molar-refractivity contribution is 0.0938. The molecule has 5 heteroatoms. The van der Waals surface area contributed by atoms with Crippen LogP contribution in [0.5, 0.6) is 0 Å². The smallest absolute Gasteiger partial charge is 0.271 e. The fraction of sp³-hybridized carbons (Fsp3) is 0.167. The maximum atomic E-state index is 12.7. The zero-order valence-corrected chi connectivity index (χ0v) is 13.8. The van der Waals surface area contributed by atoms with Gasteiger partial charge in [0.25, 0.3) is 5.91 Å². The Kier molecular flexibility index (Phi) is 4.48. The van der Waals surface area contributed by atoms with Crippen molar-refractivity contribution in [2.75, 3.05) is 0 Å². The third kappa shape index (κ3) is 3.46. The highest BCUT2D eigenvalue weighted by Gasteiger charge is 2.20. The van der Waals surface area contributed by atoms with E-state index in [0.717, 1.165) is 21.0 Å². The van der Waals surface area contributed by atoms with Gasteiger partial charge < -0.3 is 5.32 Å². The number of carbonyl (C=O) groups excluding carboxylic acids is 1. The molecule has 0 aliphatic carbocycles. The van der Waals surface area contributed by atoms with Gasteiger partial charge >= 0.3 is 0 Å². The molecule has 2 heterocycles. The van der Waals surface area contributed by atoms with E-state index in [1.807, 2.05) is 56.3 Å². The molecular formula is C18H17N3OS. The Labute approximate surface area is 139 Å². The van der Waals surface area contributed by atoms with E-state index >= 15 is 0 Å². The molecule has 3 rings (SSSR count). The second-order valence-corrected chi connectivity index (χ2v) is 6.64. The summed E-state index contributed by atoms with van der Waals surface area (Å²) in [5, 5.41) is 3.99. The number of pyridine rings is 1. The quantitative estimate of drug-likeness (QED) is 0.797. The number of hydrogen-bond acceptors (Lipinski definition) is 4. The first kappa shape index (κ1) is 15.4. The van der Waals surface area contributed by atoms with E-state index in [1.54, 1.807) is 12.4 Å². The van der Waals surface area contributed by atoms with Crippen LogP contribution in [0, 0.1) is 13.8 Å². The second-order valence-electron chi connectivity index (χ2n) is 5.24. The molecule has 0 unspecified atom stereocenters. The molecule has 23 heavy (non-hydrogen) atoms. The van der Waals surface area contributed by atoms with E-state index < -0.39 is 0 Å². The monoisotopic (exact) mass is 323 g/mol. The molecule has 116 valence electrons. The second kappa shape index (κ2) is 6.71. The number of carbonyl (C=O) groups is 1. The average molecular weight is 323 g/mol. The number of amides is 1. The van der Waals surface area contributed by atoms with E-state index in [-0.39, 0.29) is 11.9 Å². The third-order valence-corrected chi connectivity index (χ3v) is 4.45. The summed E-state index contributed by atoms with van der Waals surface area (Å²) in [6, 6.07) is 13.5. The Morgan fingerprint density at radius 3 is 2.30 bits per heavy atom. The first-order chi connectivity index (χ1) is 11.1. The van der Waals surface area contributed by atoms with Crippen molar-refractivity contribution < 1.29 is 4.79 Å². The van der Waals surface area contributed by atoms with E-state index in [1.165, 1.54) is 11.3 Å². The lowest BCUT2D eigenvalue weighted by Gasteiger charge is -2.19. The highest BCUT2D eigenvalue weighted by Crippen LogP contribution is 2.23. The van der Waals surface area contributed by atoms with Crippen LogP contribution >= 0.6 is 11.3 Å². The van der Waals surface area contributed by atoms with E-state index in [4.69, 9.17) is 0 Å². The van der Waals surface area contributed by atoms with Crippen LogP contribution in [0.2, 0.25) is 0 Å². The van der Waals surface area contributed by atoms with Gasteiger partial charge in [0.2, 0.25) is 0 Å². The van der Waals surface area contributed by atoms with Crippen LogP contribution < -0.4 is 5.32 Å². The van der Waals surface area contributed by atoms with Gasteiger partial charge in [-0.3, -0.25) is 9.78 Å². The summed E-state index contributed by atoms with van der Waals surface area (Å²) < 4.78 is 0. The van der Waals surface area contributed by atoms with Crippen LogP contribution in [0.15, 0.2) is 54.9 Å². The number of benzene rings is 1. The summed E-state index contributed by atoms with van der Waals surface area (Å²) in [7, 11) is 0. The van der Waals surface area contributed by atoms with Crippen LogP contribution in [-0.4, -0.2) is 15.9 Å². The molecule has 1 aromatic carbocycles. The van der Waals surface area contributed by atoms with Crippen molar-refractivity contribution >= 4 is 17.2 Å². The van der Waals surface area contributed by atoms with E-state index in [2.05, 4.69) is 15.3 Å². The lowest BCUT2D eigenvalue weighted by Crippen LogP contribution is -2.30. The zero-order valence-electron chi connectivity index (χ0n) is 13.0. The molecule has 1 N–H and O–H groups in total. The van der Waals surface area contributed by atoms with Gasteiger partial charge in [0.05, 0.1) is 11.0 Å². The Morgan fingerprint density at radius 1 is 1.04 bits per heavy atom. The predicted octanol–water partition coefficient (Wildman–Crippen LogP) is 3.67. The summed E-state index contributed by atoms with van der Waals surface area (Å²) >= 11 is 1.53. The fourth-order valence-electron chi connectivity index (χ4n) is 2.50. The Balaban J connectivity index is 1.93. The largest absolute Gasteiger partial charge is 0.340 e. The predicted molar refractivity (Wildman–Crippen MR) is 91.6 cm³/mol. The molecule has 0 saturated heterocycles. The molecule has 1 amide bonds. The SMILES string of the molecule is Cc1nc(C(=O)N[C@@H](c2ccccc2)c2ccncc2)c(C)s1. The molecule has 4 nitrogen and oxygen atoms in total. The third-order valence-electron chi connectivity index (χ3n) is 3.57. The van der Waals surface area contributed by atoms with E-state index in [0.29, 0.717) is 5.69 Å². The molecule has 0 aliphatic heterocycles. The number of nitrogens with zero attached hydrogens (tertiary/aromatic N) is 2. The maximum absolute atomic E-state index is 12.7. The van der Waals surface area contributed by atoms with Crippen molar-refractivity contribution in [2.45, 2.75) is 19.9 Å². The maximum Gasteiger partial charge on any atom is 0.271 e. The average Bonchev–Trinajstić information content (AvgIpc) is 2.92. The van der Waals surface area contributed by atoms with Crippen molar-refractivity contribution in [3.8, 4) is 0 Å². The summed E-state index contributed by atoms with van der Waals surface area (Å²) in [5.41, 5.74) is 2.52. The van der Waals surface area contributed by atoms with Crippen molar-refractivity contribution in [1.82, 2.24) is 15.3 Å². The van der Waals surface area contributed by atoms with Gasteiger partial charge in [-0.15, -0.1) is 11.3 Å². The van der Waals surface area contributed by atoms with Crippen LogP contribution in [0.1, 0.15) is 37.5 Å². The molecule has 3 aromatic rings. The van der Waals surface area contributed by atoms with Crippen molar-refractivity contribution in [2.24, 2.45) is 0 Å². The Hall–Kier alpha value is -2.53. The van der Waals surface area contributed by atoms with Gasteiger partial charge in [0, 0.05) is 17.3 Å². The Morgan fingerprint density at radius 2 is 1.70 bits per heavy atom. The summed E-state index contributed by atoms with van der Waals surface area (Å²) in [6.45, 7) is 3.83. The topological polar surface area (TPSA) is 54.9 Å². The minimum atomic E-state index is -0.229. The first-order valence-electron chi connectivity index (χ1n) is 7.35. The van der Waals surface area contributed by atoms with Gasteiger partial charge in [-0.1, -0.05) is 30.3 Å². The number of nitrogens with one attached hydrogen (secondary N) is 1. The lowest BCUT2D eigenvalue weighted by atomic mass is 9.99. The molecule has 2 aromatic heterocycles. The fourth-order valence-corrected chi connectivity index (χ4v) is 3.31. The zero-order chi connectivity index (χ0) is 16.2. The minimum absolute atomic E-state index is 0.155. The highest BCUT2D eigenvalue weighted by molar-refractivity contribution is 7.11. The van der Waals surface area contributed by atoms with Gasteiger partial charge in [-0.2, -0.15) is 0 Å². The van der Waals surface area contributed by atoms with Gasteiger partial charge in [-0.25, -0.2) is 4.98 Å².